The number of nitrogens with zero attached hydrogens (tertiary/aromatic N) is 2. The Bertz CT molecular complexity index is 581. The van der Waals surface area contributed by atoms with Gasteiger partial charge in [0.05, 0.1) is 5.69 Å². The summed E-state index contributed by atoms with van der Waals surface area (Å²) < 4.78 is 3.32. The molecule has 0 saturated carbocycles. The van der Waals surface area contributed by atoms with Gasteiger partial charge < -0.3 is 10.3 Å². The molecule has 0 saturated heterocycles. The second-order valence-corrected chi connectivity index (χ2v) is 4.17. The van der Waals surface area contributed by atoms with E-state index in [1.54, 1.807) is 16.2 Å². The highest BCUT2D eigenvalue weighted by atomic mass is 16.1. The first-order valence-electron chi connectivity index (χ1n) is 5.68. The van der Waals surface area contributed by atoms with Crippen LogP contribution in [0.3, 0.4) is 0 Å². The van der Waals surface area contributed by atoms with E-state index < -0.39 is 0 Å². The van der Waals surface area contributed by atoms with Gasteiger partial charge in [0, 0.05) is 18.9 Å². The largest absolute Gasteiger partial charge is 0.332 e. The van der Waals surface area contributed by atoms with Gasteiger partial charge in [0.25, 0.3) is 0 Å². The average Bonchev–Trinajstić information content (AvgIpc) is 2.55. The van der Waals surface area contributed by atoms with Crippen LogP contribution in [0.5, 0.6) is 0 Å². The highest BCUT2D eigenvalue weighted by Gasteiger charge is 2.10. The van der Waals surface area contributed by atoms with Gasteiger partial charge in [-0.1, -0.05) is 18.2 Å². The SMILES string of the molecule is Cc1cn(C)c(=O)n1-c1ccccc1CCN. The first-order chi connectivity index (χ1) is 8.15. The smallest absolute Gasteiger partial charge is 0.330 e. The number of hydrogen-bond acceptors (Lipinski definition) is 2. The lowest BCUT2D eigenvalue weighted by Crippen LogP contribution is -2.22. The van der Waals surface area contributed by atoms with Crippen LogP contribution < -0.4 is 11.4 Å². The third-order valence-corrected chi connectivity index (χ3v) is 2.87. The van der Waals surface area contributed by atoms with E-state index in [0.717, 1.165) is 23.4 Å². The number of aromatic nitrogens is 2. The lowest BCUT2D eigenvalue weighted by Gasteiger charge is -2.10. The lowest BCUT2D eigenvalue weighted by molar-refractivity contribution is 0.812. The minimum Gasteiger partial charge on any atom is -0.330 e. The zero-order valence-electron chi connectivity index (χ0n) is 10.2. The Hall–Kier alpha value is -1.81. The third kappa shape index (κ3) is 2.03. The van der Waals surface area contributed by atoms with E-state index in [0.29, 0.717) is 6.54 Å². The van der Waals surface area contributed by atoms with E-state index >= 15 is 0 Å². The maximum atomic E-state index is 12.0. The van der Waals surface area contributed by atoms with Crippen LogP contribution in [-0.4, -0.2) is 15.7 Å². The normalized spacial score (nSPS) is 10.8. The molecule has 0 aliphatic carbocycles. The van der Waals surface area contributed by atoms with Crippen LogP contribution in [-0.2, 0) is 13.5 Å². The Labute approximate surface area is 100 Å². The zero-order chi connectivity index (χ0) is 12.4. The van der Waals surface area contributed by atoms with Crippen molar-refractivity contribution in [2.75, 3.05) is 6.54 Å². The second-order valence-electron chi connectivity index (χ2n) is 4.17. The molecular formula is C13H17N3O. The summed E-state index contributed by atoms with van der Waals surface area (Å²) in [5.41, 5.74) is 8.54. The molecular weight excluding hydrogens is 214 g/mol. The van der Waals surface area contributed by atoms with Crippen LogP contribution in [0.15, 0.2) is 35.3 Å². The number of nitrogens with two attached hydrogens (primary N) is 1. The third-order valence-electron chi connectivity index (χ3n) is 2.87. The molecule has 0 bridgehead atoms. The van der Waals surface area contributed by atoms with E-state index in [2.05, 4.69) is 0 Å². The minimum atomic E-state index is -0.0213. The van der Waals surface area contributed by atoms with Gasteiger partial charge in [-0.3, -0.25) is 4.57 Å². The molecule has 1 aromatic carbocycles. The first-order valence-corrected chi connectivity index (χ1v) is 5.68. The number of para-hydroxylation sites is 1. The van der Waals surface area contributed by atoms with Crippen molar-refractivity contribution in [3.63, 3.8) is 0 Å². The summed E-state index contributed by atoms with van der Waals surface area (Å²) in [5.74, 6) is 0. The molecule has 4 nitrogen and oxygen atoms in total. The highest BCUT2D eigenvalue weighted by Crippen LogP contribution is 2.15. The van der Waals surface area contributed by atoms with Gasteiger partial charge in [-0.15, -0.1) is 0 Å². The topological polar surface area (TPSA) is 53.0 Å². The first kappa shape index (κ1) is 11.7. The minimum absolute atomic E-state index is 0.0213. The van der Waals surface area contributed by atoms with Gasteiger partial charge in [-0.05, 0) is 31.5 Å². The number of rotatable bonds is 3. The zero-order valence-corrected chi connectivity index (χ0v) is 10.2. The standard InChI is InChI=1S/C13H17N3O/c1-10-9-15(2)13(17)16(10)12-6-4-3-5-11(12)7-8-14/h3-6,9H,7-8,14H2,1-2H3. The molecule has 4 heteroatoms. The number of imidazole rings is 1. The summed E-state index contributed by atoms with van der Waals surface area (Å²) in [4.78, 5) is 12.0. The van der Waals surface area contributed by atoms with Gasteiger partial charge in [-0.25, -0.2) is 4.79 Å². The summed E-state index contributed by atoms with van der Waals surface area (Å²) >= 11 is 0. The average molecular weight is 231 g/mol. The molecule has 0 fully saturated rings. The molecule has 2 rings (SSSR count). The molecule has 17 heavy (non-hydrogen) atoms. The van der Waals surface area contributed by atoms with Crippen molar-refractivity contribution in [2.24, 2.45) is 12.8 Å². The molecule has 0 aliphatic heterocycles. The quantitative estimate of drug-likeness (QED) is 0.856. The van der Waals surface area contributed by atoms with Crippen molar-refractivity contribution in [2.45, 2.75) is 13.3 Å². The molecule has 0 radical (unpaired) electrons. The summed E-state index contributed by atoms with van der Waals surface area (Å²) in [6.45, 7) is 2.51. The van der Waals surface area contributed by atoms with Crippen molar-refractivity contribution in [1.82, 2.24) is 9.13 Å². The lowest BCUT2D eigenvalue weighted by atomic mass is 10.1. The van der Waals surface area contributed by atoms with Gasteiger partial charge >= 0.3 is 5.69 Å². The van der Waals surface area contributed by atoms with Crippen molar-refractivity contribution in [1.29, 1.82) is 0 Å². The molecule has 0 amide bonds. The summed E-state index contributed by atoms with van der Waals surface area (Å²) in [5, 5.41) is 0. The van der Waals surface area contributed by atoms with Crippen molar-refractivity contribution >= 4 is 0 Å². The highest BCUT2D eigenvalue weighted by molar-refractivity contribution is 5.42. The fraction of sp³-hybridized carbons (Fsp3) is 0.308. The van der Waals surface area contributed by atoms with Crippen LogP contribution >= 0.6 is 0 Å². The fourth-order valence-electron chi connectivity index (χ4n) is 2.09. The number of aryl methyl sites for hydroxylation is 2. The van der Waals surface area contributed by atoms with Crippen molar-refractivity contribution in [3.05, 3.63) is 52.2 Å². The van der Waals surface area contributed by atoms with E-state index in [-0.39, 0.29) is 5.69 Å². The molecule has 90 valence electrons. The number of benzene rings is 1. The maximum absolute atomic E-state index is 12.0. The Kier molecular flexibility index (Phi) is 3.15. The predicted molar refractivity (Wildman–Crippen MR) is 68.5 cm³/mol. The Balaban J connectivity index is 2.64. The van der Waals surface area contributed by atoms with Gasteiger partial charge in [0.15, 0.2) is 0 Å². The molecule has 0 atom stereocenters. The van der Waals surface area contributed by atoms with E-state index in [1.807, 2.05) is 37.4 Å². The van der Waals surface area contributed by atoms with Crippen LogP contribution in [0.1, 0.15) is 11.3 Å². The summed E-state index contributed by atoms with van der Waals surface area (Å²) in [6.07, 6.45) is 2.61. The van der Waals surface area contributed by atoms with Gasteiger partial charge in [0.1, 0.15) is 0 Å². The van der Waals surface area contributed by atoms with Crippen LogP contribution in [0.4, 0.5) is 0 Å². The van der Waals surface area contributed by atoms with E-state index in [4.69, 9.17) is 5.73 Å². The van der Waals surface area contributed by atoms with Gasteiger partial charge in [0.2, 0.25) is 0 Å². The van der Waals surface area contributed by atoms with E-state index in [9.17, 15) is 4.79 Å². The molecule has 1 heterocycles. The van der Waals surface area contributed by atoms with Crippen molar-refractivity contribution in [3.8, 4) is 5.69 Å². The Morgan fingerprint density at radius 1 is 1.29 bits per heavy atom. The molecule has 0 spiro atoms. The second kappa shape index (κ2) is 4.59. The molecule has 1 aromatic heterocycles. The van der Waals surface area contributed by atoms with Crippen LogP contribution in [0.25, 0.3) is 5.69 Å². The molecule has 2 N–H and O–H groups in total. The monoisotopic (exact) mass is 231 g/mol. The summed E-state index contributed by atoms with van der Waals surface area (Å²) in [6, 6.07) is 7.88. The van der Waals surface area contributed by atoms with Crippen LogP contribution in [0, 0.1) is 6.92 Å². The number of hydrogen-bond donors (Lipinski definition) is 1. The summed E-state index contributed by atoms with van der Waals surface area (Å²) in [7, 11) is 1.76. The molecule has 0 unspecified atom stereocenters. The molecule has 2 aromatic rings. The van der Waals surface area contributed by atoms with Crippen LogP contribution in [0.2, 0.25) is 0 Å². The fourth-order valence-corrected chi connectivity index (χ4v) is 2.09. The van der Waals surface area contributed by atoms with Gasteiger partial charge in [-0.2, -0.15) is 0 Å². The maximum Gasteiger partial charge on any atom is 0.332 e. The predicted octanol–water partition coefficient (Wildman–Crippen LogP) is 0.986. The Morgan fingerprint density at radius 2 is 2.00 bits per heavy atom. The molecule has 0 aliphatic rings. The van der Waals surface area contributed by atoms with E-state index in [1.165, 1.54) is 0 Å². The van der Waals surface area contributed by atoms with Crippen molar-refractivity contribution < 1.29 is 0 Å². The Morgan fingerprint density at radius 3 is 2.59 bits per heavy atom.